The summed E-state index contributed by atoms with van der Waals surface area (Å²) in [4.78, 5) is 19.6. The highest BCUT2D eigenvalue weighted by atomic mass is 16.3. The van der Waals surface area contributed by atoms with E-state index in [0.717, 1.165) is 37.1 Å². The first-order valence-corrected chi connectivity index (χ1v) is 7.80. The van der Waals surface area contributed by atoms with E-state index in [2.05, 4.69) is 27.5 Å². The lowest BCUT2D eigenvalue weighted by atomic mass is 9.79. The first kappa shape index (κ1) is 14.5. The van der Waals surface area contributed by atoms with Gasteiger partial charge in [0.25, 0.3) is 0 Å². The van der Waals surface area contributed by atoms with Crippen LogP contribution in [0, 0.1) is 5.92 Å². The number of amides is 1. The number of imidazole rings is 1. The van der Waals surface area contributed by atoms with E-state index in [1.165, 1.54) is 0 Å². The fourth-order valence-electron chi connectivity index (χ4n) is 3.21. The smallest absolute Gasteiger partial charge is 0.237 e. The Hall–Kier alpha value is -1.40. The normalized spacial score (nSPS) is 32.5. The van der Waals surface area contributed by atoms with Gasteiger partial charge in [0.05, 0.1) is 29.4 Å². The summed E-state index contributed by atoms with van der Waals surface area (Å²) in [5.74, 6) is 0.634. The zero-order chi connectivity index (χ0) is 14.9. The van der Waals surface area contributed by atoms with Crippen molar-refractivity contribution in [2.75, 3.05) is 6.54 Å². The molecule has 1 fully saturated rings. The van der Waals surface area contributed by atoms with Crippen LogP contribution in [0.2, 0.25) is 0 Å². The van der Waals surface area contributed by atoms with Gasteiger partial charge in [-0.15, -0.1) is 0 Å². The van der Waals surface area contributed by atoms with Crippen LogP contribution in [0.15, 0.2) is 6.33 Å². The van der Waals surface area contributed by atoms with Crippen LogP contribution in [0.25, 0.3) is 0 Å². The van der Waals surface area contributed by atoms with Gasteiger partial charge in [-0.3, -0.25) is 10.1 Å². The molecule has 2 heterocycles. The quantitative estimate of drug-likeness (QED) is 0.652. The lowest BCUT2D eigenvalue weighted by Crippen LogP contribution is -2.52. The van der Waals surface area contributed by atoms with E-state index in [9.17, 15) is 9.90 Å². The molecule has 0 spiro atoms. The highest BCUT2D eigenvalue weighted by Crippen LogP contribution is 2.31. The Morgan fingerprint density at radius 1 is 1.52 bits per heavy atom. The van der Waals surface area contributed by atoms with Crippen molar-refractivity contribution in [3.63, 3.8) is 0 Å². The van der Waals surface area contributed by atoms with Gasteiger partial charge in [0, 0.05) is 19.5 Å². The molecular formula is C15H24N4O2. The first-order valence-electron chi connectivity index (χ1n) is 7.80. The summed E-state index contributed by atoms with van der Waals surface area (Å²) < 4.78 is 0. The van der Waals surface area contributed by atoms with Crippen LogP contribution >= 0.6 is 0 Å². The molecule has 1 amide bonds. The minimum atomic E-state index is -0.728. The van der Waals surface area contributed by atoms with E-state index in [0.29, 0.717) is 25.4 Å². The van der Waals surface area contributed by atoms with Crippen LogP contribution in [0.4, 0.5) is 0 Å². The summed E-state index contributed by atoms with van der Waals surface area (Å²) in [5.41, 5.74) is 1.28. The first-order chi connectivity index (χ1) is 10.1. The number of fused-ring (bicyclic) bond motifs is 1. The van der Waals surface area contributed by atoms with Gasteiger partial charge in [-0.1, -0.05) is 6.92 Å². The number of carbonyl (C=O) groups is 1. The molecule has 6 nitrogen and oxygen atoms in total. The molecule has 1 aromatic heterocycles. The summed E-state index contributed by atoms with van der Waals surface area (Å²) in [5, 5.41) is 16.6. The number of nitrogens with zero attached hydrogens (tertiary/aromatic N) is 1. The number of hydrogen-bond acceptors (Lipinski definition) is 4. The molecule has 1 unspecified atom stereocenters. The minimum Gasteiger partial charge on any atom is -0.388 e. The highest BCUT2D eigenvalue weighted by molar-refractivity contribution is 5.82. The van der Waals surface area contributed by atoms with Crippen molar-refractivity contribution in [1.82, 2.24) is 20.6 Å². The van der Waals surface area contributed by atoms with Crippen molar-refractivity contribution in [1.29, 1.82) is 0 Å². The number of hydrogen-bond donors (Lipinski definition) is 4. The van der Waals surface area contributed by atoms with Crippen molar-refractivity contribution in [3.05, 3.63) is 17.7 Å². The molecule has 2 aliphatic rings. The van der Waals surface area contributed by atoms with Gasteiger partial charge in [0.15, 0.2) is 0 Å². The van der Waals surface area contributed by atoms with E-state index in [4.69, 9.17) is 0 Å². The molecule has 6 heteroatoms. The predicted molar refractivity (Wildman–Crippen MR) is 78.5 cm³/mol. The number of aromatic nitrogens is 2. The number of aromatic amines is 1. The molecule has 3 rings (SSSR count). The van der Waals surface area contributed by atoms with Crippen LogP contribution in [-0.4, -0.2) is 39.2 Å². The van der Waals surface area contributed by atoms with Gasteiger partial charge in [-0.25, -0.2) is 4.98 Å². The van der Waals surface area contributed by atoms with Crippen LogP contribution in [0.5, 0.6) is 0 Å². The highest BCUT2D eigenvalue weighted by Gasteiger charge is 2.33. The Labute approximate surface area is 124 Å². The molecule has 0 bridgehead atoms. The fourth-order valence-corrected chi connectivity index (χ4v) is 3.21. The number of H-pyrrole nitrogens is 1. The summed E-state index contributed by atoms with van der Waals surface area (Å²) in [6.45, 7) is 3.20. The zero-order valence-corrected chi connectivity index (χ0v) is 12.5. The SMILES string of the molecule is CC1CCC(O)(CNC(=O)C2Cc3nc[nH]c3CN2)CC1. The maximum Gasteiger partial charge on any atom is 0.237 e. The fraction of sp³-hybridized carbons (Fsp3) is 0.733. The third-order valence-electron chi connectivity index (χ3n) is 4.84. The molecule has 0 aromatic carbocycles. The number of rotatable bonds is 3. The molecule has 1 aliphatic carbocycles. The van der Waals surface area contributed by atoms with E-state index in [1.807, 2.05) is 0 Å². The monoisotopic (exact) mass is 292 g/mol. The topological polar surface area (TPSA) is 90.0 Å². The Bertz CT molecular complexity index is 506. The maximum absolute atomic E-state index is 12.3. The van der Waals surface area contributed by atoms with Gasteiger partial charge in [-0.05, 0) is 31.6 Å². The molecule has 116 valence electrons. The van der Waals surface area contributed by atoms with E-state index >= 15 is 0 Å². The second-order valence-electron chi connectivity index (χ2n) is 6.59. The average Bonchev–Trinajstić information content (AvgIpc) is 2.96. The van der Waals surface area contributed by atoms with Gasteiger partial charge >= 0.3 is 0 Å². The van der Waals surface area contributed by atoms with Crippen molar-refractivity contribution in [2.45, 2.75) is 57.2 Å². The van der Waals surface area contributed by atoms with Gasteiger partial charge < -0.3 is 15.4 Å². The second-order valence-corrected chi connectivity index (χ2v) is 6.59. The average molecular weight is 292 g/mol. The van der Waals surface area contributed by atoms with Crippen molar-refractivity contribution >= 4 is 5.91 Å². The van der Waals surface area contributed by atoms with Crippen LogP contribution < -0.4 is 10.6 Å². The Morgan fingerprint density at radius 2 is 2.29 bits per heavy atom. The van der Waals surface area contributed by atoms with E-state index in [-0.39, 0.29) is 11.9 Å². The maximum atomic E-state index is 12.3. The molecule has 1 saturated carbocycles. The summed E-state index contributed by atoms with van der Waals surface area (Å²) in [7, 11) is 0. The number of aliphatic hydroxyl groups is 1. The predicted octanol–water partition coefficient (Wildman–Crippen LogP) is 0.481. The molecule has 1 aromatic rings. The van der Waals surface area contributed by atoms with E-state index in [1.54, 1.807) is 6.33 Å². The van der Waals surface area contributed by atoms with E-state index < -0.39 is 5.60 Å². The minimum absolute atomic E-state index is 0.0457. The number of nitrogens with one attached hydrogen (secondary N) is 3. The Kier molecular flexibility index (Phi) is 3.99. The molecule has 0 saturated heterocycles. The summed E-state index contributed by atoms with van der Waals surface area (Å²) >= 11 is 0. The lowest BCUT2D eigenvalue weighted by molar-refractivity contribution is -0.125. The van der Waals surface area contributed by atoms with Crippen LogP contribution in [0.1, 0.15) is 44.0 Å². The van der Waals surface area contributed by atoms with Crippen LogP contribution in [0.3, 0.4) is 0 Å². The lowest BCUT2D eigenvalue weighted by Gasteiger charge is -2.35. The molecule has 0 radical (unpaired) electrons. The largest absolute Gasteiger partial charge is 0.388 e. The standard InChI is InChI=1S/C15H24N4O2/c1-10-2-4-15(21,5-3-10)8-17-14(20)12-6-11-13(7-16-12)19-9-18-11/h9-10,12,16,21H,2-8H2,1H3,(H,17,20)(H,18,19). The van der Waals surface area contributed by atoms with Gasteiger partial charge in [-0.2, -0.15) is 0 Å². The zero-order valence-electron chi connectivity index (χ0n) is 12.5. The van der Waals surface area contributed by atoms with Crippen molar-refractivity contribution in [3.8, 4) is 0 Å². The Balaban J connectivity index is 1.51. The third-order valence-corrected chi connectivity index (χ3v) is 4.84. The van der Waals surface area contributed by atoms with Crippen LogP contribution in [-0.2, 0) is 17.8 Å². The summed E-state index contributed by atoms with van der Waals surface area (Å²) in [6, 6.07) is -0.257. The summed E-state index contributed by atoms with van der Waals surface area (Å²) in [6.07, 6.45) is 5.88. The second kappa shape index (κ2) is 5.77. The molecule has 21 heavy (non-hydrogen) atoms. The third kappa shape index (κ3) is 3.27. The number of carbonyl (C=O) groups excluding carboxylic acids is 1. The Morgan fingerprint density at radius 3 is 3.05 bits per heavy atom. The van der Waals surface area contributed by atoms with Gasteiger partial charge in [0.1, 0.15) is 0 Å². The van der Waals surface area contributed by atoms with Gasteiger partial charge in [0.2, 0.25) is 5.91 Å². The van der Waals surface area contributed by atoms with Crippen molar-refractivity contribution < 1.29 is 9.90 Å². The molecular weight excluding hydrogens is 268 g/mol. The van der Waals surface area contributed by atoms with Crippen molar-refractivity contribution in [2.24, 2.45) is 5.92 Å². The molecule has 1 atom stereocenters. The molecule has 4 N–H and O–H groups in total. The molecule has 1 aliphatic heterocycles.